The van der Waals surface area contributed by atoms with Gasteiger partial charge in [-0.05, 0) is 157 Å². The molecule has 0 radical (unpaired) electrons. The van der Waals surface area contributed by atoms with Crippen molar-refractivity contribution in [3.63, 3.8) is 0 Å². The molecular formula is C64H48BBrN2O2. The van der Waals surface area contributed by atoms with E-state index in [0.717, 1.165) is 60.1 Å². The molecule has 0 amide bonds. The van der Waals surface area contributed by atoms with Gasteiger partial charge in [-0.25, -0.2) is 0 Å². The van der Waals surface area contributed by atoms with Crippen molar-refractivity contribution in [2.75, 3.05) is 9.80 Å². The Hall–Kier alpha value is -8.26. The van der Waals surface area contributed by atoms with Crippen molar-refractivity contribution >= 4 is 106 Å². The smallest absolute Gasteiger partial charge is 0.423 e. The molecule has 0 aliphatic heterocycles. The first-order valence-corrected chi connectivity index (χ1v) is 24.1. The Morgan fingerprint density at radius 1 is 0.286 bits per heavy atom. The van der Waals surface area contributed by atoms with Crippen molar-refractivity contribution in [2.24, 2.45) is 0 Å². The molecule has 0 atom stereocenters. The predicted molar refractivity (Wildman–Crippen MR) is 302 cm³/mol. The van der Waals surface area contributed by atoms with E-state index in [2.05, 4.69) is 244 Å². The van der Waals surface area contributed by atoms with Crippen molar-refractivity contribution in [3.05, 3.63) is 284 Å². The van der Waals surface area contributed by atoms with Gasteiger partial charge in [-0.1, -0.05) is 198 Å². The lowest BCUT2D eigenvalue weighted by Crippen LogP contribution is -2.31. The molecule has 0 unspecified atom stereocenters. The van der Waals surface area contributed by atoms with Gasteiger partial charge in [-0.15, -0.1) is 0 Å². The molecule has 0 spiro atoms. The first-order chi connectivity index (χ1) is 34.5. The Morgan fingerprint density at radius 3 is 0.900 bits per heavy atom. The van der Waals surface area contributed by atoms with E-state index in [4.69, 9.17) is 0 Å². The molecule has 0 saturated carbocycles. The zero-order chi connectivity index (χ0) is 47.7. The second kappa shape index (κ2) is 21.4. The summed E-state index contributed by atoms with van der Waals surface area (Å²) < 4.78 is 1.09. The summed E-state index contributed by atoms with van der Waals surface area (Å²) in [5, 5.41) is 28.1. The van der Waals surface area contributed by atoms with Gasteiger partial charge in [0.2, 0.25) is 0 Å². The summed E-state index contributed by atoms with van der Waals surface area (Å²) in [4.78, 5) is 4.54. The minimum absolute atomic E-state index is 0.582. The number of para-hydroxylation sites is 4. The lowest BCUT2D eigenvalue weighted by molar-refractivity contribution is 0.426. The molecule has 0 heterocycles. The molecule has 2 N–H and O–H groups in total. The van der Waals surface area contributed by atoms with Crippen LogP contribution in [-0.4, -0.2) is 17.2 Å². The van der Waals surface area contributed by atoms with Crippen LogP contribution in [0.3, 0.4) is 0 Å². The zero-order valence-electron chi connectivity index (χ0n) is 38.3. The maximum atomic E-state index is 9.58. The number of anilines is 6. The Kier molecular flexibility index (Phi) is 13.9. The van der Waals surface area contributed by atoms with Crippen LogP contribution in [-0.2, 0) is 0 Å². The molecule has 0 fully saturated rings. The Morgan fingerprint density at radius 2 is 0.557 bits per heavy atom. The lowest BCUT2D eigenvalue weighted by atomic mass is 9.74. The van der Waals surface area contributed by atoms with Gasteiger partial charge in [-0.2, -0.15) is 0 Å². The zero-order valence-corrected chi connectivity index (χ0v) is 39.9. The fraction of sp³-hybridized carbons (Fsp3) is 0. The Bertz CT molecular complexity index is 3450. The summed E-state index contributed by atoms with van der Waals surface area (Å²) in [5.74, 6) is 0. The highest BCUT2D eigenvalue weighted by atomic mass is 79.9. The molecule has 12 aromatic rings. The normalized spacial score (nSPS) is 10.8. The number of nitrogens with zero attached hydrogens (tertiary/aromatic N) is 2. The van der Waals surface area contributed by atoms with Gasteiger partial charge in [0.15, 0.2) is 0 Å². The first kappa shape index (κ1) is 45.5. The highest BCUT2D eigenvalue weighted by Crippen LogP contribution is 2.40. The van der Waals surface area contributed by atoms with Gasteiger partial charge in [-0.3, -0.25) is 0 Å². The molecule has 12 aromatic carbocycles. The van der Waals surface area contributed by atoms with Gasteiger partial charge in [0.05, 0.1) is 0 Å². The van der Waals surface area contributed by atoms with Crippen molar-refractivity contribution in [1.82, 2.24) is 0 Å². The van der Waals surface area contributed by atoms with Crippen molar-refractivity contribution in [2.45, 2.75) is 0 Å². The fourth-order valence-corrected chi connectivity index (χ4v) is 9.49. The largest absolute Gasteiger partial charge is 0.489 e. The maximum Gasteiger partial charge on any atom is 0.489 e. The second-order valence-corrected chi connectivity index (χ2v) is 17.8. The molecule has 0 saturated heterocycles. The molecule has 0 bridgehead atoms. The molecule has 4 nitrogen and oxygen atoms in total. The topological polar surface area (TPSA) is 46.9 Å². The maximum absolute atomic E-state index is 9.58. The monoisotopic (exact) mass is 966 g/mol. The number of halogens is 1. The van der Waals surface area contributed by atoms with Crippen LogP contribution in [0, 0.1) is 0 Å². The van der Waals surface area contributed by atoms with Crippen LogP contribution in [0.15, 0.2) is 284 Å². The van der Waals surface area contributed by atoms with Gasteiger partial charge < -0.3 is 19.8 Å². The molecule has 0 aliphatic carbocycles. The molecule has 6 heteroatoms. The highest BCUT2D eigenvalue weighted by molar-refractivity contribution is 9.10. The number of fused-ring (bicyclic) bond motifs is 4. The van der Waals surface area contributed by atoms with E-state index >= 15 is 0 Å². The number of rotatable bonds is 8. The number of hydrogen-bond acceptors (Lipinski definition) is 4. The molecule has 0 aromatic heterocycles. The first-order valence-electron chi connectivity index (χ1n) is 23.3. The molecular weight excluding hydrogens is 919 g/mol. The minimum atomic E-state index is -1.45. The van der Waals surface area contributed by atoms with Crippen LogP contribution < -0.4 is 15.3 Å². The predicted octanol–water partition coefficient (Wildman–Crippen LogP) is 16.7. The van der Waals surface area contributed by atoms with Crippen molar-refractivity contribution < 1.29 is 10.0 Å². The Labute approximate surface area is 417 Å². The standard InChI is InChI=1S/C32H23N.C18H14BrN.C14H11BO2/c1-3-13-27(14-4-1)33(28-15-5-2-6-16-28)29-21-19-24(20-22-29)32-30-17-9-7-11-25(30)23-26-12-8-10-18-31(26)32;19-15-11-13-18(14-12-15)20(16-7-3-1-4-8-16)17-9-5-2-6-10-17;16-15(17)14-12-7-3-1-5-10(12)9-11-6-2-4-8-13(11)14/h1-23H;1-14H;1-9,16-17H. The van der Waals surface area contributed by atoms with E-state index in [1.54, 1.807) is 0 Å². The van der Waals surface area contributed by atoms with Crippen LogP contribution in [0.4, 0.5) is 34.1 Å². The van der Waals surface area contributed by atoms with E-state index in [-0.39, 0.29) is 0 Å². The van der Waals surface area contributed by atoms with Gasteiger partial charge >= 0.3 is 7.12 Å². The third-order valence-corrected chi connectivity index (χ3v) is 12.9. The quantitative estimate of drug-likeness (QED) is 0.118. The average Bonchev–Trinajstić information content (AvgIpc) is 3.42. The van der Waals surface area contributed by atoms with E-state index in [0.29, 0.717) is 5.46 Å². The van der Waals surface area contributed by atoms with E-state index in [9.17, 15) is 10.0 Å². The summed E-state index contributed by atoms with van der Waals surface area (Å²) in [7, 11) is -1.45. The van der Waals surface area contributed by atoms with Crippen molar-refractivity contribution in [3.8, 4) is 11.1 Å². The van der Waals surface area contributed by atoms with Crippen LogP contribution in [0.1, 0.15) is 0 Å². The molecule has 70 heavy (non-hydrogen) atoms. The number of hydrogen-bond donors (Lipinski definition) is 2. The van der Waals surface area contributed by atoms with Crippen LogP contribution in [0.2, 0.25) is 0 Å². The van der Waals surface area contributed by atoms with E-state index in [1.807, 2.05) is 60.7 Å². The van der Waals surface area contributed by atoms with Crippen LogP contribution >= 0.6 is 15.9 Å². The van der Waals surface area contributed by atoms with Crippen LogP contribution in [0.25, 0.3) is 54.2 Å². The summed E-state index contributed by atoms with van der Waals surface area (Å²) >= 11 is 3.49. The summed E-state index contributed by atoms with van der Waals surface area (Å²) in [6, 6.07) is 96.4. The highest BCUT2D eigenvalue weighted by Gasteiger charge is 2.19. The third-order valence-electron chi connectivity index (χ3n) is 12.4. The fourth-order valence-electron chi connectivity index (χ4n) is 9.22. The van der Waals surface area contributed by atoms with E-state index in [1.165, 1.54) is 32.7 Å². The minimum Gasteiger partial charge on any atom is -0.423 e. The molecule has 12 rings (SSSR count). The third kappa shape index (κ3) is 9.98. The Balaban J connectivity index is 0.000000131. The van der Waals surface area contributed by atoms with Gasteiger partial charge in [0.25, 0.3) is 0 Å². The average molecular weight is 968 g/mol. The SMILES string of the molecule is Brc1ccc(N(c2ccccc2)c2ccccc2)cc1.OB(O)c1c2ccccc2cc2ccccc12.c1ccc(N(c2ccccc2)c2ccc(-c3c4ccccc4cc4ccccc34)cc2)cc1. The number of benzene rings is 12. The summed E-state index contributed by atoms with van der Waals surface area (Å²) in [6.07, 6.45) is 0. The summed E-state index contributed by atoms with van der Waals surface area (Å²) in [5.41, 5.74) is 9.99. The van der Waals surface area contributed by atoms with Crippen molar-refractivity contribution in [1.29, 1.82) is 0 Å². The summed E-state index contributed by atoms with van der Waals surface area (Å²) in [6.45, 7) is 0. The second-order valence-electron chi connectivity index (χ2n) is 16.8. The van der Waals surface area contributed by atoms with Gasteiger partial charge in [0.1, 0.15) is 0 Å². The molecule has 336 valence electrons. The van der Waals surface area contributed by atoms with E-state index < -0.39 is 7.12 Å². The lowest BCUT2D eigenvalue weighted by Gasteiger charge is -2.25. The van der Waals surface area contributed by atoms with Gasteiger partial charge in [0, 0.05) is 38.6 Å². The van der Waals surface area contributed by atoms with Crippen LogP contribution in [0.5, 0.6) is 0 Å². The molecule has 0 aliphatic rings.